The molecule has 1 aliphatic rings. The Hall–Kier alpha value is -1.36. The van der Waals surface area contributed by atoms with Gasteiger partial charge in [-0.15, -0.1) is 0 Å². The largest absolute Gasteiger partial charge is 0.342 e. The Labute approximate surface area is 127 Å². The van der Waals surface area contributed by atoms with Crippen LogP contribution in [-0.2, 0) is 9.59 Å². The highest BCUT2D eigenvalue weighted by molar-refractivity contribution is 9.10. The van der Waals surface area contributed by atoms with Crippen LogP contribution in [0.2, 0.25) is 0 Å². The van der Waals surface area contributed by atoms with E-state index in [-0.39, 0.29) is 17.7 Å². The van der Waals surface area contributed by atoms with E-state index in [0.717, 1.165) is 16.6 Å². The van der Waals surface area contributed by atoms with Gasteiger partial charge in [0, 0.05) is 10.2 Å². The van der Waals surface area contributed by atoms with E-state index in [1.54, 1.807) is 11.8 Å². The van der Waals surface area contributed by atoms with Crippen LogP contribution >= 0.6 is 15.9 Å². The monoisotopic (exact) mass is 338 g/mol. The van der Waals surface area contributed by atoms with E-state index in [9.17, 15) is 9.59 Å². The van der Waals surface area contributed by atoms with Gasteiger partial charge in [0.2, 0.25) is 5.91 Å². The summed E-state index contributed by atoms with van der Waals surface area (Å²) in [6, 6.07) is 6.53. The molecule has 0 bridgehead atoms. The highest BCUT2D eigenvalue weighted by Gasteiger charge is 2.40. The van der Waals surface area contributed by atoms with E-state index in [1.807, 2.05) is 38.1 Å². The maximum atomic E-state index is 12.7. The lowest BCUT2D eigenvalue weighted by Crippen LogP contribution is -2.64. The van der Waals surface area contributed by atoms with Crippen molar-refractivity contribution in [3.63, 3.8) is 0 Å². The molecule has 1 aliphatic heterocycles. The normalized spacial score (nSPS) is 24.5. The van der Waals surface area contributed by atoms with Crippen molar-refractivity contribution in [1.82, 2.24) is 5.32 Å². The Balaban J connectivity index is 2.35. The number of carbonyl (C=O) groups excluding carboxylic acids is 2. The summed E-state index contributed by atoms with van der Waals surface area (Å²) in [5, 5.41) is 2.84. The minimum absolute atomic E-state index is 0.0335. The Morgan fingerprint density at radius 3 is 2.45 bits per heavy atom. The van der Waals surface area contributed by atoms with E-state index in [0.29, 0.717) is 0 Å². The SMILES string of the molecule is CCC(C)C1NC(=O)C(C)N(c2ccc(Br)cc2)C1=O. The molecule has 0 radical (unpaired) electrons. The Morgan fingerprint density at radius 2 is 1.90 bits per heavy atom. The van der Waals surface area contributed by atoms with Crippen molar-refractivity contribution in [3.8, 4) is 0 Å². The number of carbonyl (C=O) groups is 2. The van der Waals surface area contributed by atoms with Gasteiger partial charge in [0.1, 0.15) is 12.1 Å². The highest BCUT2D eigenvalue weighted by atomic mass is 79.9. The predicted molar refractivity (Wildman–Crippen MR) is 82.5 cm³/mol. The number of benzene rings is 1. The van der Waals surface area contributed by atoms with Gasteiger partial charge in [-0.1, -0.05) is 36.2 Å². The molecule has 4 nitrogen and oxygen atoms in total. The third-order valence-corrected chi connectivity index (χ3v) is 4.41. The summed E-state index contributed by atoms with van der Waals surface area (Å²) in [4.78, 5) is 26.4. The van der Waals surface area contributed by atoms with Gasteiger partial charge in [0.15, 0.2) is 0 Å². The van der Waals surface area contributed by atoms with Crippen LogP contribution in [0.3, 0.4) is 0 Å². The summed E-state index contributed by atoms with van der Waals surface area (Å²) in [6.07, 6.45) is 0.846. The smallest absolute Gasteiger partial charge is 0.250 e. The first-order valence-corrected chi connectivity index (χ1v) is 7.64. The molecule has 0 spiro atoms. The zero-order valence-electron chi connectivity index (χ0n) is 11.9. The first-order valence-electron chi connectivity index (χ1n) is 6.84. The topological polar surface area (TPSA) is 49.4 Å². The molecule has 108 valence electrons. The molecule has 2 rings (SSSR count). The predicted octanol–water partition coefficient (Wildman–Crippen LogP) is 2.72. The summed E-state index contributed by atoms with van der Waals surface area (Å²) in [7, 11) is 0. The van der Waals surface area contributed by atoms with Crippen LogP contribution < -0.4 is 10.2 Å². The number of amides is 2. The minimum Gasteiger partial charge on any atom is -0.342 e. The number of nitrogens with one attached hydrogen (secondary N) is 1. The summed E-state index contributed by atoms with van der Waals surface area (Å²) in [5.74, 6) is -0.0107. The van der Waals surface area contributed by atoms with Crippen molar-refractivity contribution in [2.75, 3.05) is 4.90 Å². The van der Waals surface area contributed by atoms with Crippen LogP contribution in [0.1, 0.15) is 27.2 Å². The molecule has 1 aromatic carbocycles. The number of anilines is 1. The number of nitrogens with zero attached hydrogens (tertiary/aromatic N) is 1. The summed E-state index contributed by atoms with van der Waals surface area (Å²) in [6.45, 7) is 5.76. The molecule has 1 aromatic rings. The van der Waals surface area contributed by atoms with Gasteiger partial charge in [0.25, 0.3) is 5.91 Å². The van der Waals surface area contributed by atoms with Crippen molar-refractivity contribution in [1.29, 1.82) is 0 Å². The van der Waals surface area contributed by atoms with Gasteiger partial charge in [-0.05, 0) is 37.1 Å². The average molecular weight is 339 g/mol. The zero-order chi connectivity index (χ0) is 14.9. The van der Waals surface area contributed by atoms with Gasteiger partial charge in [-0.2, -0.15) is 0 Å². The van der Waals surface area contributed by atoms with E-state index in [4.69, 9.17) is 0 Å². The lowest BCUT2D eigenvalue weighted by atomic mass is 9.94. The van der Waals surface area contributed by atoms with Crippen LogP contribution in [-0.4, -0.2) is 23.9 Å². The first-order chi connectivity index (χ1) is 9.45. The second-order valence-electron chi connectivity index (χ2n) is 5.23. The fourth-order valence-electron chi connectivity index (χ4n) is 2.37. The molecule has 1 saturated heterocycles. The van der Waals surface area contributed by atoms with Crippen LogP contribution in [0.15, 0.2) is 28.7 Å². The van der Waals surface area contributed by atoms with Crippen molar-refractivity contribution in [2.45, 2.75) is 39.3 Å². The third-order valence-electron chi connectivity index (χ3n) is 3.89. The third kappa shape index (κ3) is 2.73. The maximum absolute atomic E-state index is 12.7. The van der Waals surface area contributed by atoms with E-state index in [2.05, 4.69) is 21.2 Å². The fraction of sp³-hybridized carbons (Fsp3) is 0.467. The number of hydrogen-bond acceptors (Lipinski definition) is 2. The maximum Gasteiger partial charge on any atom is 0.250 e. The molecule has 3 atom stereocenters. The molecular formula is C15H19BrN2O2. The Bertz CT molecular complexity index is 515. The lowest BCUT2D eigenvalue weighted by molar-refractivity contribution is -0.134. The van der Waals surface area contributed by atoms with Crippen molar-refractivity contribution in [3.05, 3.63) is 28.7 Å². The zero-order valence-corrected chi connectivity index (χ0v) is 13.5. The second-order valence-corrected chi connectivity index (χ2v) is 6.15. The Morgan fingerprint density at radius 1 is 1.30 bits per heavy atom. The van der Waals surface area contributed by atoms with Gasteiger partial charge in [0.05, 0.1) is 0 Å². The molecule has 1 fully saturated rings. The summed E-state index contributed by atoms with van der Waals surface area (Å²) < 4.78 is 0.946. The molecule has 0 aliphatic carbocycles. The fourth-order valence-corrected chi connectivity index (χ4v) is 2.63. The molecule has 3 unspecified atom stereocenters. The van der Waals surface area contributed by atoms with Crippen molar-refractivity contribution in [2.24, 2.45) is 5.92 Å². The molecule has 0 aromatic heterocycles. The van der Waals surface area contributed by atoms with Gasteiger partial charge in [-0.25, -0.2) is 0 Å². The minimum atomic E-state index is -0.482. The molecule has 2 amide bonds. The quantitative estimate of drug-likeness (QED) is 0.921. The van der Waals surface area contributed by atoms with E-state index in [1.165, 1.54) is 0 Å². The number of halogens is 1. The average Bonchev–Trinajstić information content (AvgIpc) is 2.44. The van der Waals surface area contributed by atoms with E-state index >= 15 is 0 Å². The van der Waals surface area contributed by atoms with Crippen molar-refractivity contribution >= 4 is 33.4 Å². The van der Waals surface area contributed by atoms with Crippen LogP contribution in [0.25, 0.3) is 0 Å². The standard InChI is InChI=1S/C15H19BrN2O2/c1-4-9(2)13-15(20)18(10(3)14(19)17-13)12-7-5-11(16)6-8-12/h5-10,13H,4H2,1-3H3,(H,17,19). The van der Waals surface area contributed by atoms with Gasteiger partial charge < -0.3 is 5.32 Å². The Kier molecular flexibility index (Phi) is 4.48. The number of hydrogen-bond donors (Lipinski definition) is 1. The molecule has 0 saturated carbocycles. The molecule has 5 heteroatoms. The summed E-state index contributed by atoms with van der Waals surface area (Å²) in [5.41, 5.74) is 0.758. The van der Waals surface area contributed by atoms with Gasteiger partial charge in [-0.3, -0.25) is 14.5 Å². The van der Waals surface area contributed by atoms with Crippen LogP contribution in [0.4, 0.5) is 5.69 Å². The molecule has 1 N–H and O–H groups in total. The summed E-state index contributed by atoms with van der Waals surface area (Å²) >= 11 is 3.38. The number of piperazine rings is 1. The highest BCUT2D eigenvalue weighted by Crippen LogP contribution is 2.25. The van der Waals surface area contributed by atoms with Gasteiger partial charge >= 0.3 is 0 Å². The van der Waals surface area contributed by atoms with E-state index < -0.39 is 12.1 Å². The first kappa shape index (κ1) is 15.0. The lowest BCUT2D eigenvalue weighted by Gasteiger charge is -2.39. The van der Waals surface area contributed by atoms with Crippen LogP contribution in [0.5, 0.6) is 0 Å². The molecular weight excluding hydrogens is 320 g/mol. The second kappa shape index (κ2) is 5.95. The molecule has 20 heavy (non-hydrogen) atoms. The molecule has 1 heterocycles. The van der Waals surface area contributed by atoms with Crippen LogP contribution in [0, 0.1) is 5.92 Å². The van der Waals surface area contributed by atoms with Crippen molar-refractivity contribution < 1.29 is 9.59 Å². The number of rotatable bonds is 3.